The van der Waals surface area contributed by atoms with Gasteiger partial charge >= 0.3 is 0 Å². The Kier molecular flexibility index (Phi) is 3.41. The van der Waals surface area contributed by atoms with Gasteiger partial charge in [0.05, 0.1) is 0 Å². The topological polar surface area (TPSA) is 29.3 Å². The Morgan fingerprint density at radius 2 is 2.12 bits per heavy atom. The fourth-order valence-electron chi connectivity index (χ4n) is 2.61. The van der Waals surface area contributed by atoms with Crippen LogP contribution in [0.1, 0.15) is 25.8 Å². The Labute approximate surface area is 102 Å². The zero-order valence-electron chi connectivity index (χ0n) is 9.91. The molecule has 1 saturated heterocycles. The largest absolute Gasteiger partial charge is 0.399 e. The van der Waals surface area contributed by atoms with Crippen molar-refractivity contribution in [1.82, 2.24) is 4.90 Å². The molecular weight excluding hydrogens is 220 g/mol. The van der Waals surface area contributed by atoms with Crippen LogP contribution in [0.5, 0.6) is 0 Å². The molecule has 0 radical (unpaired) electrons. The molecule has 0 saturated carbocycles. The normalized spacial score (nSPS) is 26.2. The van der Waals surface area contributed by atoms with Crippen molar-refractivity contribution in [2.45, 2.75) is 32.9 Å². The van der Waals surface area contributed by atoms with E-state index in [4.69, 9.17) is 17.3 Å². The minimum absolute atomic E-state index is 0.662. The van der Waals surface area contributed by atoms with E-state index in [-0.39, 0.29) is 0 Å². The van der Waals surface area contributed by atoms with Gasteiger partial charge in [0.1, 0.15) is 0 Å². The van der Waals surface area contributed by atoms with E-state index in [1.165, 1.54) is 18.5 Å². The van der Waals surface area contributed by atoms with E-state index in [0.717, 1.165) is 23.2 Å². The summed E-state index contributed by atoms with van der Waals surface area (Å²) in [6.45, 7) is 6.73. The van der Waals surface area contributed by atoms with Crippen LogP contribution in [0.2, 0.25) is 5.02 Å². The fourth-order valence-corrected chi connectivity index (χ4v) is 2.87. The van der Waals surface area contributed by atoms with Crippen LogP contribution in [0.3, 0.4) is 0 Å². The zero-order valence-corrected chi connectivity index (χ0v) is 10.7. The highest BCUT2D eigenvalue weighted by Crippen LogP contribution is 2.25. The number of rotatable bonds is 2. The lowest BCUT2D eigenvalue weighted by Gasteiger charge is -2.21. The standard InChI is InChI=1S/C13H19ClN2/c1-9-3-10(2)16(7-9)8-11-4-12(14)6-13(15)5-11/h4-6,9-10H,3,7-8,15H2,1-2H3. The SMILES string of the molecule is CC1CC(C)N(Cc2cc(N)cc(Cl)c2)C1. The molecule has 1 fully saturated rings. The van der Waals surface area contributed by atoms with Gasteiger partial charge in [0, 0.05) is 29.8 Å². The van der Waals surface area contributed by atoms with Crippen molar-refractivity contribution >= 4 is 17.3 Å². The summed E-state index contributed by atoms with van der Waals surface area (Å²) in [6, 6.07) is 6.48. The molecule has 0 amide bonds. The van der Waals surface area contributed by atoms with Gasteiger partial charge in [-0.25, -0.2) is 0 Å². The first-order valence-corrected chi connectivity index (χ1v) is 6.21. The van der Waals surface area contributed by atoms with Gasteiger partial charge in [-0.2, -0.15) is 0 Å². The van der Waals surface area contributed by atoms with Gasteiger partial charge in [-0.05, 0) is 43.0 Å². The molecule has 16 heavy (non-hydrogen) atoms. The summed E-state index contributed by atoms with van der Waals surface area (Å²) in [6.07, 6.45) is 1.29. The Morgan fingerprint density at radius 3 is 2.69 bits per heavy atom. The van der Waals surface area contributed by atoms with Crippen LogP contribution < -0.4 is 5.73 Å². The van der Waals surface area contributed by atoms with Gasteiger partial charge in [-0.1, -0.05) is 18.5 Å². The van der Waals surface area contributed by atoms with Crippen molar-refractivity contribution in [2.24, 2.45) is 5.92 Å². The van der Waals surface area contributed by atoms with Crippen LogP contribution in [0.25, 0.3) is 0 Å². The van der Waals surface area contributed by atoms with Crippen LogP contribution in [-0.4, -0.2) is 17.5 Å². The number of nitrogen functional groups attached to an aromatic ring is 1. The van der Waals surface area contributed by atoms with E-state index in [2.05, 4.69) is 18.7 Å². The van der Waals surface area contributed by atoms with E-state index < -0.39 is 0 Å². The third-order valence-electron chi connectivity index (χ3n) is 3.28. The minimum atomic E-state index is 0.662. The summed E-state index contributed by atoms with van der Waals surface area (Å²) in [7, 11) is 0. The highest BCUT2D eigenvalue weighted by molar-refractivity contribution is 6.30. The number of hydrogen-bond donors (Lipinski definition) is 1. The predicted molar refractivity (Wildman–Crippen MR) is 69.5 cm³/mol. The maximum absolute atomic E-state index is 6.00. The van der Waals surface area contributed by atoms with Gasteiger partial charge in [0.15, 0.2) is 0 Å². The lowest BCUT2D eigenvalue weighted by Crippen LogP contribution is -2.26. The second-order valence-corrected chi connectivity index (χ2v) is 5.45. The van der Waals surface area contributed by atoms with E-state index in [0.29, 0.717) is 6.04 Å². The molecule has 0 spiro atoms. The van der Waals surface area contributed by atoms with Gasteiger partial charge < -0.3 is 5.73 Å². The van der Waals surface area contributed by atoms with Crippen LogP contribution in [0, 0.1) is 5.92 Å². The van der Waals surface area contributed by atoms with Crippen molar-refractivity contribution in [1.29, 1.82) is 0 Å². The van der Waals surface area contributed by atoms with Crippen molar-refractivity contribution in [3.8, 4) is 0 Å². The van der Waals surface area contributed by atoms with Crippen LogP contribution >= 0.6 is 11.6 Å². The summed E-state index contributed by atoms with van der Waals surface area (Å²) >= 11 is 6.00. The monoisotopic (exact) mass is 238 g/mol. The molecule has 2 unspecified atom stereocenters. The maximum Gasteiger partial charge on any atom is 0.0429 e. The Balaban J connectivity index is 2.09. The first-order chi connectivity index (χ1) is 7.54. The predicted octanol–water partition coefficient (Wildman–Crippen LogP) is 3.15. The molecule has 1 heterocycles. The smallest absolute Gasteiger partial charge is 0.0429 e. The summed E-state index contributed by atoms with van der Waals surface area (Å²) in [5.74, 6) is 0.798. The van der Waals surface area contributed by atoms with Crippen molar-refractivity contribution in [3.63, 3.8) is 0 Å². The van der Waals surface area contributed by atoms with E-state index in [1.54, 1.807) is 6.07 Å². The van der Waals surface area contributed by atoms with Crippen LogP contribution in [-0.2, 0) is 6.54 Å². The molecular formula is C13H19ClN2. The zero-order chi connectivity index (χ0) is 11.7. The minimum Gasteiger partial charge on any atom is -0.399 e. The van der Waals surface area contributed by atoms with Crippen molar-refractivity contribution in [3.05, 3.63) is 28.8 Å². The molecule has 1 aromatic carbocycles. The number of halogens is 1. The lowest BCUT2D eigenvalue weighted by molar-refractivity contribution is 0.256. The van der Waals surface area contributed by atoms with Gasteiger partial charge in [-0.3, -0.25) is 4.90 Å². The third kappa shape index (κ3) is 2.69. The molecule has 1 aromatic rings. The number of benzene rings is 1. The van der Waals surface area contributed by atoms with Crippen LogP contribution in [0.15, 0.2) is 18.2 Å². The summed E-state index contributed by atoms with van der Waals surface area (Å²) < 4.78 is 0. The molecule has 2 nitrogen and oxygen atoms in total. The highest BCUT2D eigenvalue weighted by Gasteiger charge is 2.25. The molecule has 2 atom stereocenters. The Morgan fingerprint density at radius 1 is 1.38 bits per heavy atom. The number of anilines is 1. The second-order valence-electron chi connectivity index (χ2n) is 5.01. The summed E-state index contributed by atoms with van der Waals surface area (Å²) in [4.78, 5) is 2.50. The van der Waals surface area contributed by atoms with E-state index in [9.17, 15) is 0 Å². The number of nitrogens with zero attached hydrogens (tertiary/aromatic N) is 1. The van der Waals surface area contributed by atoms with Gasteiger partial charge in [0.25, 0.3) is 0 Å². The number of nitrogens with two attached hydrogens (primary N) is 1. The molecule has 2 rings (SSSR count). The lowest BCUT2D eigenvalue weighted by atomic mass is 10.1. The number of hydrogen-bond acceptors (Lipinski definition) is 2. The molecule has 1 aliphatic rings. The molecule has 0 aliphatic carbocycles. The Hall–Kier alpha value is -0.730. The van der Waals surface area contributed by atoms with E-state index in [1.807, 2.05) is 12.1 Å². The van der Waals surface area contributed by atoms with Gasteiger partial charge in [-0.15, -0.1) is 0 Å². The summed E-state index contributed by atoms with van der Waals surface area (Å²) in [5.41, 5.74) is 7.76. The Bertz CT molecular complexity index is 358. The van der Waals surface area contributed by atoms with Crippen molar-refractivity contribution < 1.29 is 0 Å². The van der Waals surface area contributed by atoms with Crippen molar-refractivity contribution in [2.75, 3.05) is 12.3 Å². The molecule has 88 valence electrons. The molecule has 0 aromatic heterocycles. The maximum atomic E-state index is 6.00. The average Bonchev–Trinajstić information content (AvgIpc) is 2.43. The second kappa shape index (κ2) is 4.64. The fraction of sp³-hybridized carbons (Fsp3) is 0.538. The molecule has 2 N–H and O–H groups in total. The quantitative estimate of drug-likeness (QED) is 0.802. The molecule has 0 bridgehead atoms. The van der Waals surface area contributed by atoms with Gasteiger partial charge in [0.2, 0.25) is 0 Å². The highest BCUT2D eigenvalue weighted by atomic mass is 35.5. The first-order valence-electron chi connectivity index (χ1n) is 5.83. The number of likely N-dealkylation sites (tertiary alicyclic amines) is 1. The molecule has 3 heteroatoms. The third-order valence-corrected chi connectivity index (χ3v) is 3.50. The average molecular weight is 239 g/mol. The molecule has 1 aliphatic heterocycles. The van der Waals surface area contributed by atoms with Crippen LogP contribution in [0.4, 0.5) is 5.69 Å². The van der Waals surface area contributed by atoms with E-state index >= 15 is 0 Å². The first kappa shape index (κ1) is 11.7. The summed E-state index contributed by atoms with van der Waals surface area (Å²) in [5, 5.41) is 0.731.